The summed E-state index contributed by atoms with van der Waals surface area (Å²) in [6.45, 7) is 1.27. The second-order valence-corrected chi connectivity index (χ2v) is 7.82. The van der Waals surface area contributed by atoms with E-state index in [1.54, 1.807) is 23.1 Å². The minimum Gasteiger partial charge on any atom is -0.327 e. The average molecular weight is 403 g/mol. The van der Waals surface area contributed by atoms with E-state index in [-0.39, 0.29) is 11.8 Å². The van der Waals surface area contributed by atoms with Crippen LogP contribution < -0.4 is 4.90 Å². The molecule has 27 heavy (non-hydrogen) atoms. The van der Waals surface area contributed by atoms with Crippen LogP contribution in [-0.4, -0.2) is 35.8 Å². The van der Waals surface area contributed by atoms with Crippen LogP contribution in [0.25, 0.3) is 0 Å². The summed E-state index contributed by atoms with van der Waals surface area (Å²) in [5.41, 5.74) is 2.63. The number of para-hydroxylation sites is 1. The highest BCUT2D eigenvalue weighted by Gasteiger charge is 2.38. The Bertz CT molecular complexity index is 900. The summed E-state index contributed by atoms with van der Waals surface area (Å²) in [6, 6.07) is 12.4. The molecule has 2 aromatic carbocycles. The van der Waals surface area contributed by atoms with Crippen molar-refractivity contribution in [1.82, 2.24) is 4.90 Å². The Hall–Kier alpha value is -2.04. The number of halogens is 2. The van der Waals surface area contributed by atoms with Gasteiger partial charge in [0, 0.05) is 24.3 Å². The predicted octanol–water partition coefficient (Wildman–Crippen LogP) is 4.58. The highest BCUT2D eigenvalue weighted by molar-refractivity contribution is 6.42. The summed E-state index contributed by atoms with van der Waals surface area (Å²) in [5.74, 6) is -0.164. The molecule has 2 aliphatic rings. The topological polar surface area (TPSA) is 40.6 Å². The van der Waals surface area contributed by atoms with Crippen LogP contribution in [0.1, 0.15) is 35.2 Å². The first kappa shape index (κ1) is 18.3. The van der Waals surface area contributed by atoms with E-state index in [4.69, 9.17) is 23.2 Å². The van der Waals surface area contributed by atoms with E-state index < -0.39 is 6.04 Å². The molecule has 1 fully saturated rings. The third kappa shape index (κ3) is 3.44. The van der Waals surface area contributed by atoms with E-state index in [1.165, 1.54) is 5.56 Å². The van der Waals surface area contributed by atoms with E-state index >= 15 is 0 Å². The zero-order valence-electron chi connectivity index (χ0n) is 14.8. The van der Waals surface area contributed by atoms with Gasteiger partial charge in [-0.25, -0.2) is 0 Å². The lowest BCUT2D eigenvalue weighted by Crippen LogP contribution is -2.49. The molecule has 2 heterocycles. The molecule has 0 bridgehead atoms. The molecule has 2 aromatic rings. The number of aryl methyl sites for hydroxylation is 1. The Labute approximate surface area is 168 Å². The molecule has 0 spiro atoms. The lowest BCUT2D eigenvalue weighted by atomic mass is 10.0. The molecule has 1 unspecified atom stereocenters. The third-order valence-electron chi connectivity index (χ3n) is 5.34. The van der Waals surface area contributed by atoms with Gasteiger partial charge < -0.3 is 9.80 Å². The minimum atomic E-state index is -0.432. The number of likely N-dealkylation sites (tertiary alicyclic amines) is 1. The maximum atomic E-state index is 13.3. The summed E-state index contributed by atoms with van der Waals surface area (Å²) < 4.78 is 0. The molecule has 4 nitrogen and oxygen atoms in total. The number of amides is 2. The normalized spacial score (nSPS) is 19.1. The van der Waals surface area contributed by atoms with Gasteiger partial charge >= 0.3 is 0 Å². The fraction of sp³-hybridized carbons (Fsp3) is 0.333. The quantitative estimate of drug-likeness (QED) is 0.737. The Kier molecular flexibility index (Phi) is 5.11. The average Bonchev–Trinajstić information content (AvgIpc) is 3.18. The Morgan fingerprint density at radius 1 is 0.963 bits per heavy atom. The maximum absolute atomic E-state index is 13.3. The fourth-order valence-corrected chi connectivity index (χ4v) is 4.30. The van der Waals surface area contributed by atoms with Crippen LogP contribution in [0.5, 0.6) is 0 Å². The molecule has 1 saturated heterocycles. The molecule has 0 aromatic heterocycles. The van der Waals surface area contributed by atoms with Crippen molar-refractivity contribution in [2.24, 2.45) is 0 Å². The number of carbonyl (C=O) groups is 2. The van der Waals surface area contributed by atoms with Gasteiger partial charge in [-0.1, -0.05) is 41.4 Å². The van der Waals surface area contributed by atoms with Crippen molar-refractivity contribution in [3.63, 3.8) is 0 Å². The number of carbonyl (C=O) groups excluding carboxylic acids is 2. The monoisotopic (exact) mass is 402 g/mol. The van der Waals surface area contributed by atoms with Gasteiger partial charge in [0.15, 0.2) is 0 Å². The summed E-state index contributed by atoms with van der Waals surface area (Å²) in [4.78, 5) is 29.9. The third-order valence-corrected chi connectivity index (χ3v) is 6.08. The fourth-order valence-electron chi connectivity index (χ4n) is 4.00. The van der Waals surface area contributed by atoms with Crippen LogP contribution in [-0.2, 0) is 11.2 Å². The first-order valence-corrected chi connectivity index (χ1v) is 9.97. The lowest BCUT2D eigenvalue weighted by Gasteiger charge is -2.34. The van der Waals surface area contributed by atoms with Gasteiger partial charge in [-0.15, -0.1) is 0 Å². The smallest absolute Gasteiger partial charge is 0.254 e. The molecule has 2 aliphatic heterocycles. The Morgan fingerprint density at radius 3 is 2.59 bits per heavy atom. The molecule has 0 radical (unpaired) electrons. The van der Waals surface area contributed by atoms with Crippen molar-refractivity contribution in [3.8, 4) is 0 Å². The van der Waals surface area contributed by atoms with Gasteiger partial charge in [0.05, 0.1) is 10.0 Å². The van der Waals surface area contributed by atoms with E-state index in [0.29, 0.717) is 35.1 Å². The molecular weight excluding hydrogens is 383 g/mol. The van der Waals surface area contributed by atoms with E-state index in [9.17, 15) is 9.59 Å². The molecule has 4 rings (SSSR count). The summed E-state index contributed by atoms with van der Waals surface area (Å²) in [6.07, 6.45) is 3.43. The van der Waals surface area contributed by atoms with E-state index in [0.717, 1.165) is 24.9 Å². The molecular formula is C21H20Cl2N2O2. The van der Waals surface area contributed by atoms with Crippen molar-refractivity contribution in [1.29, 1.82) is 0 Å². The molecule has 140 valence electrons. The van der Waals surface area contributed by atoms with Crippen LogP contribution >= 0.6 is 23.2 Å². The van der Waals surface area contributed by atoms with E-state index in [2.05, 4.69) is 6.07 Å². The molecule has 1 atom stereocenters. The number of fused-ring (bicyclic) bond motifs is 1. The SMILES string of the molecule is O=C(C1CCCN1C(=O)c1ccc(Cl)c(Cl)c1)N1CCCc2ccccc21. The van der Waals surface area contributed by atoms with Crippen LogP contribution in [0.3, 0.4) is 0 Å². The van der Waals surface area contributed by atoms with Crippen molar-refractivity contribution >= 4 is 40.7 Å². The predicted molar refractivity (Wildman–Crippen MR) is 108 cm³/mol. The van der Waals surface area contributed by atoms with E-state index in [1.807, 2.05) is 23.1 Å². The minimum absolute atomic E-state index is 0.00746. The lowest BCUT2D eigenvalue weighted by molar-refractivity contribution is -0.122. The van der Waals surface area contributed by atoms with Crippen LogP contribution in [0, 0.1) is 0 Å². The van der Waals surface area contributed by atoms with Gasteiger partial charge in [-0.3, -0.25) is 9.59 Å². The van der Waals surface area contributed by atoms with Gasteiger partial charge in [0.25, 0.3) is 5.91 Å². The van der Waals surface area contributed by atoms with Crippen LogP contribution in [0.2, 0.25) is 10.0 Å². The first-order valence-electron chi connectivity index (χ1n) is 9.21. The summed E-state index contributed by atoms with van der Waals surface area (Å²) in [5, 5.41) is 0.752. The van der Waals surface area contributed by atoms with Crippen molar-refractivity contribution in [2.45, 2.75) is 31.7 Å². The number of benzene rings is 2. The number of rotatable bonds is 2. The standard InChI is InChI=1S/C21H20Cl2N2O2/c22-16-10-9-15(13-17(16)23)20(26)25-12-4-8-19(25)21(27)24-11-3-6-14-5-1-2-7-18(14)24/h1-2,5,7,9-10,13,19H,3-4,6,8,11-12H2. The van der Waals surface area contributed by atoms with Crippen molar-refractivity contribution < 1.29 is 9.59 Å². The Balaban J connectivity index is 1.59. The summed E-state index contributed by atoms with van der Waals surface area (Å²) in [7, 11) is 0. The second kappa shape index (κ2) is 7.53. The zero-order valence-corrected chi connectivity index (χ0v) is 16.3. The molecule has 6 heteroatoms. The van der Waals surface area contributed by atoms with Crippen LogP contribution in [0.4, 0.5) is 5.69 Å². The number of hydrogen-bond acceptors (Lipinski definition) is 2. The summed E-state index contributed by atoms with van der Waals surface area (Å²) >= 11 is 12.0. The first-order chi connectivity index (χ1) is 13.1. The highest BCUT2D eigenvalue weighted by atomic mass is 35.5. The van der Waals surface area contributed by atoms with Crippen molar-refractivity contribution in [3.05, 3.63) is 63.6 Å². The maximum Gasteiger partial charge on any atom is 0.254 e. The number of nitrogens with zero attached hydrogens (tertiary/aromatic N) is 2. The van der Waals surface area contributed by atoms with Gasteiger partial charge in [-0.05, 0) is 55.5 Å². The molecule has 0 N–H and O–H groups in total. The van der Waals surface area contributed by atoms with Gasteiger partial charge in [-0.2, -0.15) is 0 Å². The number of hydrogen-bond donors (Lipinski definition) is 0. The molecule has 2 amide bonds. The largest absolute Gasteiger partial charge is 0.327 e. The van der Waals surface area contributed by atoms with Gasteiger partial charge in [0.1, 0.15) is 6.04 Å². The van der Waals surface area contributed by atoms with Crippen molar-refractivity contribution in [2.75, 3.05) is 18.0 Å². The molecule has 0 aliphatic carbocycles. The van der Waals surface area contributed by atoms with Gasteiger partial charge in [0.2, 0.25) is 5.91 Å². The zero-order chi connectivity index (χ0) is 19.0. The highest BCUT2D eigenvalue weighted by Crippen LogP contribution is 2.31. The number of anilines is 1. The molecule has 0 saturated carbocycles. The second-order valence-electron chi connectivity index (χ2n) is 7.01. The van der Waals surface area contributed by atoms with Crippen LogP contribution in [0.15, 0.2) is 42.5 Å². The Morgan fingerprint density at radius 2 is 1.78 bits per heavy atom.